The number of hydrogen-bond donors (Lipinski definition) is 2. The maximum Gasteiger partial charge on any atom is 0.274 e. The van der Waals surface area contributed by atoms with Crippen LogP contribution in [0.3, 0.4) is 0 Å². The molecule has 0 aliphatic carbocycles. The second-order valence-corrected chi connectivity index (χ2v) is 5.83. The van der Waals surface area contributed by atoms with E-state index in [0.717, 1.165) is 17.7 Å². The lowest BCUT2D eigenvalue weighted by Crippen LogP contribution is -2.17. The summed E-state index contributed by atoms with van der Waals surface area (Å²) in [7, 11) is 0. The zero-order valence-electron chi connectivity index (χ0n) is 14.3. The van der Waals surface area contributed by atoms with Crippen LogP contribution in [0.1, 0.15) is 26.4 Å². The van der Waals surface area contributed by atoms with Gasteiger partial charge in [-0.1, -0.05) is 17.7 Å². The number of halogens is 2. The summed E-state index contributed by atoms with van der Waals surface area (Å²) in [4.78, 5) is 28.5. The molecule has 2 aromatic carbocycles. The van der Waals surface area contributed by atoms with Crippen molar-refractivity contribution in [3.8, 4) is 0 Å². The molecule has 0 unspecified atom stereocenters. The number of benzene rings is 2. The molecule has 2 N–H and O–H groups in total. The first-order valence-corrected chi connectivity index (χ1v) is 8.03. The predicted octanol–water partition coefficient (Wildman–Crippen LogP) is 4.17. The van der Waals surface area contributed by atoms with Crippen molar-refractivity contribution in [1.82, 2.24) is 4.98 Å². The minimum absolute atomic E-state index is 0.0738. The summed E-state index contributed by atoms with van der Waals surface area (Å²) < 4.78 is 26.6. The van der Waals surface area contributed by atoms with Crippen molar-refractivity contribution in [3.63, 3.8) is 0 Å². The molecule has 27 heavy (non-hydrogen) atoms. The Hall–Kier alpha value is -3.61. The van der Waals surface area contributed by atoms with Gasteiger partial charge < -0.3 is 10.6 Å². The van der Waals surface area contributed by atoms with Gasteiger partial charge in [0.2, 0.25) is 0 Å². The van der Waals surface area contributed by atoms with Gasteiger partial charge >= 0.3 is 0 Å². The van der Waals surface area contributed by atoms with Crippen LogP contribution >= 0.6 is 0 Å². The highest BCUT2D eigenvalue weighted by Crippen LogP contribution is 2.16. The molecule has 0 spiro atoms. The van der Waals surface area contributed by atoms with E-state index >= 15 is 0 Å². The van der Waals surface area contributed by atoms with E-state index in [9.17, 15) is 18.4 Å². The SMILES string of the molecule is Cc1ccc(NC(=O)c2ccnc(C(=O)Nc3ccc(F)cc3F)c2)cc1. The molecule has 0 radical (unpaired) electrons. The molecule has 136 valence electrons. The molecule has 1 heterocycles. The third-order valence-electron chi connectivity index (χ3n) is 3.74. The number of nitrogens with one attached hydrogen (secondary N) is 2. The number of hydrogen-bond acceptors (Lipinski definition) is 3. The average molecular weight is 367 g/mol. The smallest absolute Gasteiger partial charge is 0.274 e. The molecular weight excluding hydrogens is 352 g/mol. The molecule has 5 nitrogen and oxygen atoms in total. The fourth-order valence-corrected chi connectivity index (χ4v) is 2.31. The van der Waals surface area contributed by atoms with Crippen molar-refractivity contribution in [1.29, 1.82) is 0 Å². The normalized spacial score (nSPS) is 10.3. The van der Waals surface area contributed by atoms with Gasteiger partial charge in [-0.3, -0.25) is 14.6 Å². The van der Waals surface area contributed by atoms with Crippen LogP contribution in [0.25, 0.3) is 0 Å². The number of nitrogens with zero attached hydrogens (tertiary/aromatic N) is 1. The maximum absolute atomic E-state index is 13.7. The Morgan fingerprint density at radius 3 is 2.33 bits per heavy atom. The molecule has 1 aromatic heterocycles. The van der Waals surface area contributed by atoms with Crippen LogP contribution in [0.15, 0.2) is 60.8 Å². The molecule has 3 aromatic rings. The number of anilines is 2. The van der Waals surface area contributed by atoms with Crippen molar-refractivity contribution >= 4 is 23.2 Å². The topological polar surface area (TPSA) is 71.1 Å². The third-order valence-corrected chi connectivity index (χ3v) is 3.74. The summed E-state index contributed by atoms with van der Waals surface area (Å²) >= 11 is 0. The van der Waals surface area contributed by atoms with Crippen LogP contribution in [0.4, 0.5) is 20.2 Å². The van der Waals surface area contributed by atoms with E-state index < -0.39 is 23.4 Å². The number of pyridine rings is 1. The quantitative estimate of drug-likeness (QED) is 0.727. The molecular formula is C20H15F2N3O2. The summed E-state index contributed by atoms with van der Waals surface area (Å²) in [5, 5.41) is 5.02. The Morgan fingerprint density at radius 1 is 0.889 bits per heavy atom. The molecule has 0 atom stereocenters. The zero-order chi connectivity index (χ0) is 19.4. The van der Waals surface area contributed by atoms with Crippen LogP contribution in [0.2, 0.25) is 0 Å². The van der Waals surface area contributed by atoms with Crippen molar-refractivity contribution in [2.75, 3.05) is 10.6 Å². The van der Waals surface area contributed by atoms with Crippen molar-refractivity contribution in [2.24, 2.45) is 0 Å². The maximum atomic E-state index is 13.7. The summed E-state index contributed by atoms with van der Waals surface area (Å²) in [6.07, 6.45) is 1.31. The Bertz CT molecular complexity index is 1000. The van der Waals surface area contributed by atoms with Crippen LogP contribution in [0, 0.1) is 18.6 Å². The molecule has 0 fully saturated rings. The van der Waals surface area contributed by atoms with Gasteiger partial charge in [0.05, 0.1) is 5.69 Å². The molecule has 2 amide bonds. The number of rotatable bonds is 4. The molecule has 3 rings (SSSR count). The van der Waals surface area contributed by atoms with Gasteiger partial charge in [-0.2, -0.15) is 0 Å². The minimum atomic E-state index is -0.906. The summed E-state index contributed by atoms with van der Waals surface area (Å²) in [5.41, 5.74) is 1.63. The summed E-state index contributed by atoms with van der Waals surface area (Å²) in [6.45, 7) is 1.93. The van der Waals surface area contributed by atoms with Gasteiger partial charge in [0, 0.05) is 23.5 Å². The number of aryl methyl sites for hydroxylation is 1. The third kappa shape index (κ3) is 4.52. The second kappa shape index (κ2) is 7.74. The van der Waals surface area contributed by atoms with Gasteiger partial charge in [-0.05, 0) is 43.3 Å². The van der Waals surface area contributed by atoms with E-state index in [2.05, 4.69) is 15.6 Å². The Balaban J connectivity index is 1.75. The van der Waals surface area contributed by atoms with Gasteiger partial charge in [-0.25, -0.2) is 8.78 Å². The van der Waals surface area contributed by atoms with E-state index in [0.29, 0.717) is 11.8 Å². The van der Waals surface area contributed by atoms with Crippen LogP contribution in [0.5, 0.6) is 0 Å². The molecule has 0 saturated heterocycles. The van der Waals surface area contributed by atoms with Gasteiger partial charge in [-0.15, -0.1) is 0 Å². The van der Waals surface area contributed by atoms with Gasteiger partial charge in [0.25, 0.3) is 11.8 Å². The fourth-order valence-electron chi connectivity index (χ4n) is 2.31. The summed E-state index contributed by atoms with van der Waals surface area (Å²) in [5.74, 6) is -2.79. The van der Waals surface area contributed by atoms with E-state index in [1.165, 1.54) is 18.3 Å². The molecule has 0 bridgehead atoms. The second-order valence-electron chi connectivity index (χ2n) is 5.83. The molecule has 0 aliphatic heterocycles. The largest absolute Gasteiger partial charge is 0.322 e. The Morgan fingerprint density at radius 2 is 1.63 bits per heavy atom. The standard InChI is InChI=1S/C20H15F2N3O2/c1-12-2-5-15(6-3-12)24-19(26)13-8-9-23-18(10-13)20(27)25-17-7-4-14(21)11-16(17)22/h2-11H,1H3,(H,24,26)(H,25,27). The zero-order valence-corrected chi connectivity index (χ0v) is 14.3. The molecule has 0 saturated carbocycles. The van der Waals surface area contributed by atoms with Gasteiger partial charge in [0.1, 0.15) is 17.3 Å². The first-order chi connectivity index (χ1) is 12.9. The number of aromatic nitrogens is 1. The monoisotopic (exact) mass is 367 g/mol. The van der Waals surface area contributed by atoms with Crippen LogP contribution < -0.4 is 10.6 Å². The highest BCUT2D eigenvalue weighted by molar-refractivity contribution is 6.07. The average Bonchev–Trinajstić information content (AvgIpc) is 2.66. The van der Waals surface area contributed by atoms with E-state index in [-0.39, 0.29) is 16.9 Å². The van der Waals surface area contributed by atoms with E-state index in [4.69, 9.17) is 0 Å². The van der Waals surface area contributed by atoms with Crippen molar-refractivity contribution in [3.05, 3.63) is 89.2 Å². The number of amides is 2. The van der Waals surface area contributed by atoms with Crippen LogP contribution in [-0.2, 0) is 0 Å². The highest BCUT2D eigenvalue weighted by Gasteiger charge is 2.14. The highest BCUT2D eigenvalue weighted by atomic mass is 19.1. The minimum Gasteiger partial charge on any atom is -0.322 e. The first-order valence-electron chi connectivity index (χ1n) is 8.03. The van der Waals surface area contributed by atoms with E-state index in [1.54, 1.807) is 12.1 Å². The lowest BCUT2D eigenvalue weighted by molar-refractivity contribution is 0.102. The van der Waals surface area contributed by atoms with Crippen LogP contribution in [-0.4, -0.2) is 16.8 Å². The predicted molar refractivity (Wildman–Crippen MR) is 97.7 cm³/mol. The van der Waals surface area contributed by atoms with E-state index in [1.807, 2.05) is 19.1 Å². The number of carbonyl (C=O) groups excluding carboxylic acids is 2. The lowest BCUT2D eigenvalue weighted by Gasteiger charge is -2.08. The van der Waals surface area contributed by atoms with Crippen molar-refractivity contribution < 1.29 is 18.4 Å². The van der Waals surface area contributed by atoms with Crippen molar-refractivity contribution in [2.45, 2.75) is 6.92 Å². The molecule has 0 aliphatic rings. The molecule has 7 heteroatoms. The number of carbonyl (C=O) groups is 2. The van der Waals surface area contributed by atoms with Gasteiger partial charge in [0.15, 0.2) is 0 Å². The first kappa shape index (κ1) is 18.2. The fraction of sp³-hybridized carbons (Fsp3) is 0.0500. The lowest BCUT2D eigenvalue weighted by atomic mass is 10.2. The Kier molecular flexibility index (Phi) is 5.21. The Labute approximate surface area is 154 Å². The summed E-state index contributed by atoms with van der Waals surface area (Å²) in [6, 6.07) is 12.8.